The van der Waals surface area contributed by atoms with Crippen LogP contribution >= 0.6 is 0 Å². The van der Waals surface area contributed by atoms with Crippen molar-refractivity contribution in [2.45, 2.75) is 57.4 Å². The molecule has 0 radical (unpaired) electrons. The number of nitrogens with one attached hydrogen (secondary N) is 3. The quantitative estimate of drug-likeness (QED) is 0.440. The van der Waals surface area contributed by atoms with Crippen LogP contribution in [-0.2, 0) is 25.6 Å². The molecule has 6 atom stereocenters. The van der Waals surface area contributed by atoms with Gasteiger partial charge in [-0.15, -0.1) is 0 Å². The van der Waals surface area contributed by atoms with E-state index in [0.717, 1.165) is 10.8 Å². The molecule has 0 spiro atoms. The molecule has 1 aliphatic carbocycles. The number of carbonyl (C=O) groups excluding carboxylic acids is 4. The Morgan fingerprint density at radius 1 is 1.14 bits per heavy atom. The lowest BCUT2D eigenvalue weighted by Crippen LogP contribution is -2.58. The molecular weight excluding hydrogens is 551 g/mol. The Hall–Kier alpha value is -4.14. The number of rotatable bonds is 8. The van der Waals surface area contributed by atoms with Crippen LogP contribution < -0.4 is 16.0 Å². The molecule has 2 aliphatic heterocycles. The van der Waals surface area contributed by atoms with E-state index in [-0.39, 0.29) is 42.5 Å². The van der Waals surface area contributed by atoms with Gasteiger partial charge < -0.3 is 20.9 Å². The van der Waals surface area contributed by atoms with Crippen LogP contribution in [0.5, 0.6) is 0 Å². The molecule has 2 aromatic rings. The van der Waals surface area contributed by atoms with Gasteiger partial charge in [-0.1, -0.05) is 56.3 Å². The Kier molecular flexibility index (Phi) is 7.64. The molecule has 9 nitrogen and oxygen atoms in total. The van der Waals surface area contributed by atoms with Gasteiger partial charge in [-0.2, -0.15) is 18.4 Å². The number of carbonyl (C=O) groups is 4. The molecule has 1 saturated carbocycles. The molecule has 12 heteroatoms. The largest absolute Gasteiger partial charge is 0.471 e. The second-order valence-electron chi connectivity index (χ2n) is 12.0. The van der Waals surface area contributed by atoms with Crippen molar-refractivity contribution in [3.05, 3.63) is 48.0 Å². The predicted octanol–water partition coefficient (Wildman–Crippen LogP) is 2.45. The smallest absolute Gasteiger partial charge is 0.356 e. The van der Waals surface area contributed by atoms with E-state index in [1.165, 1.54) is 4.90 Å². The number of nitriles is 1. The Morgan fingerprint density at radius 3 is 2.50 bits per heavy atom. The molecule has 0 bridgehead atoms. The zero-order valence-corrected chi connectivity index (χ0v) is 23.2. The third-order valence-corrected chi connectivity index (χ3v) is 9.03. The number of halogens is 3. The van der Waals surface area contributed by atoms with Gasteiger partial charge in [0.15, 0.2) is 0 Å². The van der Waals surface area contributed by atoms with Crippen molar-refractivity contribution in [3.63, 3.8) is 0 Å². The van der Waals surface area contributed by atoms with Crippen molar-refractivity contribution in [2.75, 3.05) is 13.1 Å². The van der Waals surface area contributed by atoms with Gasteiger partial charge in [0.25, 0.3) is 0 Å². The molecule has 3 fully saturated rings. The number of fused-ring (bicyclic) bond motifs is 2. The molecule has 3 N–H and O–H groups in total. The topological polar surface area (TPSA) is 131 Å². The molecule has 42 heavy (non-hydrogen) atoms. The highest BCUT2D eigenvalue weighted by Crippen LogP contribution is 2.65. The standard InChI is InChI=1S/C30H32F3N5O4/c1-29(2)21-15-38(24(23(21)29)26(40)36-20(14-34)13-19-9-10-35-25(19)39)27(41)22(37-28(42)30(31,32)33)12-16-7-8-17-5-3-4-6-18(17)11-16/h3-8,11,19-24H,9-10,12-13,15H2,1-2H3,(H,35,39)(H,36,40)(H,37,42)/t19-,20-,21-,22-,23-,24-/m0/s1. The fourth-order valence-electron chi connectivity index (χ4n) is 6.61. The maximum atomic E-state index is 13.9. The van der Waals surface area contributed by atoms with E-state index in [1.54, 1.807) is 18.2 Å². The average molecular weight is 584 g/mol. The zero-order chi connectivity index (χ0) is 30.4. The SMILES string of the molecule is CC1(C)[C@@H]2[C@@H](C(=O)N[C@H](C#N)C[C@@H]3CCNC3=O)N(C(=O)[C@H](Cc3ccc4ccccc4c3)NC(=O)C(F)(F)F)C[C@@H]21. The first-order valence-corrected chi connectivity index (χ1v) is 13.9. The van der Waals surface area contributed by atoms with E-state index >= 15 is 0 Å². The third kappa shape index (κ3) is 5.65. The van der Waals surface area contributed by atoms with Crippen LogP contribution in [0.25, 0.3) is 10.8 Å². The molecule has 222 valence electrons. The fourth-order valence-corrected chi connectivity index (χ4v) is 6.61. The van der Waals surface area contributed by atoms with E-state index in [2.05, 4.69) is 10.6 Å². The Bertz CT molecular complexity index is 1470. The summed E-state index contributed by atoms with van der Waals surface area (Å²) in [5.41, 5.74) is 0.245. The number of hydrogen-bond acceptors (Lipinski definition) is 5. The highest BCUT2D eigenvalue weighted by molar-refractivity contribution is 5.95. The summed E-state index contributed by atoms with van der Waals surface area (Å²) in [6.45, 7) is 4.52. The molecule has 2 heterocycles. The molecule has 0 unspecified atom stereocenters. The molecule has 4 amide bonds. The van der Waals surface area contributed by atoms with Crippen LogP contribution in [0.1, 0.15) is 32.3 Å². The number of piperidine rings is 1. The van der Waals surface area contributed by atoms with Crippen molar-refractivity contribution in [3.8, 4) is 6.07 Å². The van der Waals surface area contributed by atoms with E-state index in [0.29, 0.717) is 18.5 Å². The van der Waals surface area contributed by atoms with E-state index in [1.807, 2.05) is 49.5 Å². The van der Waals surface area contributed by atoms with Crippen molar-refractivity contribution in [2.24, 2.45) is 23.2 Å². The van der Waals surface area contributed by atoms with Crippen LogP contribution in [0.2, 0.25) is 0 Å². The first-order valence-electron chi connectivity index (χ1n) is 13.9. The van der Waals surface area contributed by atoms with Gasteiger partial charge in [0.1, 0.15) is 18.1 Å². The molecule has 2 aromatic carbocycles. The summed E-state index contributed by atoms with van der Waals surface area (Å²) in [5.74, 6) is -4.60. The van der Waals surface area contributed by atoms with Gasteiger partial charge in [0, 0.05) is 25.4 Å². The number of likely N-dealkylation sites (tertiary alicyclic amines) is 1. The third-order valence-electron chi connectivity index (χ3n) is 9.03. The number of hydrogen-bond donors (Lipinski definition) is 3. The van der Waals surface area contributed by atoms with Crippen molar-refractivity contribution < 1.29 is 32.3 Å². The summed E-state index contributed by atoms with van der Waals surface area (Å²) in [4.78, 5) is 52.7. The van der Waals surface area contributed by atoms with Crippen molar-refractivity contribution in [1.82, 2.24) is 20.9 Å². The lowest BCUT2D eigenvalue weighted by molar-refractivity contribution is -0.175. The minimum atomic E-state index is -5.21. The Labute approximate surface area is 240 Å². The van der Waals surface area contributed by atoms with Gasteiger partial charge in [-0.3, -0.25) is 19.2 Å². The molecular formula is C30H32F3N5O4. The number of nitrogens with zero attached hydrogens (tertiary/aromatic N) is 2. The number of alkyl halides is 3. The summed E-state index contributed by atoms with van der Waals surface area (Å²) in [6.07, 6.45) is -4.78. The van der Waals surface area contributed by atoms with Crippen LogP contribution in [0.15, 0.2) is 42.5 Å². The minimum absolute atomic E-state index is 0.0713. The van der Waals surface area contributed by atoms with Gasteiger partial charge in [-0.25, -0.2) is 0 Å². The van der Waals surface area contributed by atoms with Crippen molar-refractivity contribution in [1.29, 1.82) is 5.26 Å². The Balaban J connectivity index is 1.39. The summed E-state index contributed by atoms with van der Waals surface area (Å²) < 4.78 is 39.9. The second-order valence-corrected chi connectivity index (χ2v) is 12.0. The van der Waals surface area contributed by atoms with E-state index in [4.69, 9.17) is 0 Å². The average Bonchev–Trinajstić information content (AvgIpc) is 3.28. The maximum absolute atomic E-state index is 13.9. The van der Waals surface area contributed by atoms with Crippen molar-refractivity contribution >= 4 is 34.4 Å². The maximum Gasteiger partial charge on any atom is 0.471 e. The first kappa shape index (κ1) is 29.4. The summed E-state index contributed by atoms with van der Waals surface area (Å²) in [6, 6.07) is 11.0. The van der Waals surface area contributed by atoms with Gasteiger partial charge in [0.05, 0.1) is 6.07 Å². The van der Waals surface area contributed by atoms with Gasteiger partial charge in [0.2, 0.25) is 17.7 Å². The summed E-state index contributed by atoms with van der Waals surface area (Å²) >= 11 is 0. The van der Waals surface area contributed by atoms with E-state index in [9.17, 15) is 37.6 Å². The minimum Gasteiger partial charge on any atom is -0.356 e. The predicted molar refractivity (Wildman–Crippen MR) is 145 cm³/mol. The highest BCUT2D eigenvalue weighted by atomic mass is 19.4. The fraction of sp³-hybridized carbons (Fsp3) is 0.500. The highest BCUT2D eigenvalue weighted by Gasteiger charge is 2.69. The van der Waals surface area contributed by atoms with E-state index < -0.39 is 47.9 Å². The first-order chi connectivity index (χ1) is 19.8. The number of benzene rings is 2. The molecule has 0 aromatic heterocycles. The molecule has 5 rings (SSSR count). The van der Waals surface area contributed by atoms with Crippen LogP contribution in [0.3, 0.4) is 0 Å². The van der Waals surface area contributed by atoms with Crippen LogP contribution in [0.4, 0.5) is 13.2 Å². The van der Waals surface area contributed by atoms with Gasteiger partial charge in [-0.05, 0) is 46.4 Å². The van der Waals surface area contributed by atoms with Crippen LogP contribution in [0, 0.1) is 34.5 Å². The Morgan fingerprint density at radius 2 is 1.86 bits per heavy atom. The summed E-state index contributed by atoms with van der Waals surface area (Å²) in [5, 5.41) is 18.6. The number of amides is 4. The normalized spacial score (nSPS) is 25.6. The lowest BCUT2D eigenvalue weighted by atomic mass is 9.96. The molecule has 3 aliphatic rings. The molecule has 2 saturated heterocycles. The van der Waals surface area contributed by atoms with Crippen LogP contribution in [-0.4, -0.2) is 65.9 Å². The lowest BCUT2D eigenvalue weighted by Gasteiger charge is -2.33. The second kappa shape index (κ2) is 10.9. The monoisotopic (exact) mass is 583 g/mol. The zero-order valence-electron chi connectivity index (χ0n) is 23.2. The van der Waals surface area contributed by atoms with Gasteiger partial charge >= 0.3 is 12.1 Å². The summed E-state index contributed by atoms with van der Waals surface area (Å²) in [7, 11) is 0.